The lowest BCUT2D eigenvalue weighted by Gasteiger charge is -2.32. The number of carboxylic acid groups (broad SMARTS) is 1. The molecular weight excluding hydrogens is 270 g/mol. The van der Waals surface area contributed by atoms with Crippen molar-refractivity contribution in [2.45, 2.75) is 58.8 Å². The highest BCUT2D eigenvalue weighted by atomic mass is 16.5. The van der Waals surface area contributed by atoms with Crippen LogP contribution in [0.15, 0.2) is 0 Å². The molecule has 1 fully saturated rings. The van der Waals surface area contributed by atoms with Crippen molar-refractivity contribution in [3.63, 3.8) is 0 Å². The van der Waals surface area contributed by atoms with Gasteiger partial charge in [0.25, 0.3) is 0 Å². The number of carbonyl (C=O) groups is 2. The minimum Gasteiger partial charge on any atom is -0.481 e. The van der Waals surface area contributed by atoms with E-state index in [4.69, 9.17) is 4.74 Å². The van der Waals surface area contributed by atoms with Gasteiger partial charge in [-0.3, -0.25) is 9.59 Å². The highest BCUT2D eigenvalue weighted by molar-refractivity contribution is 5.85. The molecule has 0 spiro atoms. The van der Waals surface area contributed by atoms with Gasteiger partial charge in [0, 0.05) is 19.6 Å². The maximum Gasteiger partial charge on any atom is 0.310 e. The van der Waals surface area contributed by atoms with Gasteiger partial charge < -0.3 is 15.2 Å². The number of ether oxygens (including phenoxy) is 1. The van der Waals surface area contributed by atoms with E-state index in [-0.39, 0.29) is 12.3 Å². The van der Waals surface area contributed by atoms with E-state index in [1.807, 2.05) is 0 Å². The summed E-state index contributed by atoms with van der Waals surface area (Å²) in [6.07, 6.45) is 5.20. The van der Waals surface area contributed by atoms with Crippen LogP contribution in [-0.2, 0) is 14.3 Å². The molecule has 21 heavy (non-hydrogen) atoms. The van der Waals surface area contributed by atoms with E-state index < -0.39 is 11.4 Å². The van der Waals surface area contributed by atoms with Gasteiger partial charge in [-0.1, -0.05) is 33.1 Å². The van der Waals surface area contributed by atoms with Crippen molar-refractivity contribution in [3.05, 3.63) is 0 Å². The molecule has 0 aliphatic heterocycles. The Morgan fingerprint density at radius 1 is 1.19 bits per heavy atom. The van der Waals surface area contributed by atoms with E-state index in [1.54, 1.807) is 0 Å². The molecule has 0 radical (unpaired) electrons. The molecule has 1 aliphatic carbocycles. The Morgan fingerprint density at radius 3 is 2.43 bits per heavy atom. The van der Waals surface area contributed by atoms with Gasteiger partial charge >= 0.3 is 5.97 Å². The molecule has 0 bridgehead atoms. The summed E-state index contributed by atoms with van der Waals surface area (Å²) < 4.78 is 5.43. The molecule has 5 nitrogen and oxygen atoms in total. The molecular formula is C16H29NO4. The number of nitrogens with one attached hydrogen (secondary N) is 1. The first kappa shape index (κ1) is 18.0. The Kier molecular flexibility index (Phi) is 7.72. The fraction of sp³-hybridized carbons (Fsp3) is 0.875. The van der Waals surface area contributed by atoms with Gasteiger partial charge in [-0.25, -0.2) is 0 Å². The molecule has 1 rings (SSSR count). The molecule has 1 amide bonds. The van der Waals surface area contributed by atoms with Crippen LogP contribution in [0.5, 0.6) is 0 Å². The number of hydrogen-bond acceptors (Lipinski definition) is 3. The van der Waals surface area contributed by atoms with Gasteiger partial charge in [0.2, 0.25) is 5.91 Å². The normalized spacial score (nSPS) is 17.7. The molecule has 0 heterocycles. The summed E-state index contributed by atoms with van der Waals surface area (Å²) in [6.45, 7) is 5.92. The average molecular weight is 299 g/mol. The fourth-order valence-corrected chi connectivity index (χ4v) is 2.75. The van der Waals surface area contributed by atoms with E-state index in [0.717, 1.165) is 25.7 Å². The Labute approximate surface area is 127 Å². The number of aliphatic carboxylic acids is 1. The molecule has 0 aromatic rings. The third kappa shape index (κ3) is 6.46. The Morgan fingerprint density at radius 2 is 1.86 bits per heavy atom. The third-order valence-corrected chi connectivity index (χ3v) is 4.17. The monoisotopic (exact) mass is 299 g/mol. The van der Waals surface area contributed by atoms with E-state index in [0.29, 0.717) is 38.5 Å². The van der Waals surface area contributed by atoms with Crippen LogP contribution in [0.4, 0.5) is 0 Å². The van der Waals surface area contributed by atoms with Crippen LogP contribution in [-0.4, -0.2) is 36.7 Å². The standard InChI is InChI=1S/C16H29NO4/c1-13(2)6-10-21-11-9-17-14(18)12-16(15(19)20)7-4-3-5-8-16/h13H,3-12H2,1-2H3,(H,17,18)(H,19,20). The molecule has 1 aliphatic rings. The average Bonchev–Trinajstić information content (AvgIpc) is 2.43. The van der Waals surface area contributed by atoms with Crippen LogP contribution in [0.25, 0.3) is 0 Å². The van der Waals surface area contributed by atoms with Crippen molar-refractivity contribution >= 4 is 11.9 Å². The zero-order valence-corrected chi connectivity index (χ0v) is 13.3. The van der Waals surface area contributed by atoms with E-state index in [9.17, 15) is 14.7 Å². The van der Waals surface area contributed by atoms with Crippen molar-refractivity contribution in [2.75, 3.05) is 19.8 Å². The van der Waals surface area contributed by atoms with E-state index >= 15 is 0 Å². The van der Waals surface area contributed by atoms with Crippen molar-refractivity contribution in [3.8, 4) is 0 Å². The van der Waals surface area contributed by atoms with E-state index in [1.165, 1.54) is 0 Å². The predicted molar refractivity (Wildman–Crippen MR) is 81.1 cm³/mol. The lowest BCUT2D eigenvalue weighted by molar-refractivity contribution is -0.154. The first-order chi connectivity index (χ1) is 9.96. The number of rotatable bonds is 9. The summed E-state index contributed by atoms with van der Waals surface area (Å²) in [4.78, 5) is 23.4. The quantitative estimate of drug-likeness (QED) is 0.642. The highest BCUT2D eigenvalue weighted by Gasteiger charge is 2.41. The summed E-state index contributed by atoms with van der Waals surface area (Å²) in [5.41, 5.74) is -0.846. The van der Waals surface area contributed by atoms with Gasteiger partial charge in [0.05, 0.1) is 12.0 Å². The van der Waals surface area contributed by atoms with Gasteiger partial charge in [0.15, 0.2) is 0 Å². The number of carboxylic acids is 1. The van der Waals surface area contributed by atoms with Crippen molar-refractivity contribution in [2.24, 2.45) is 11.3 Å². The molecule has 1 saturated carbocycles. The summed E-state index contributed by atoms with van der Waals surface area (Å²) in [7, 11) is 0. The maximum atomic E-state index is 11.9. The molecule has 5 heteroatoms. The minimum atomic E-state index is -0.846. The van der Waals surface area contributed by atoms with Crippen LogP contribution < -0.4 is 5.32 Å². The number of amides is 1. The summed E-state index contributed by atoms with van der Waals surface area (Å²) in [5.74, 6) is -0.390. The molecule has 0 aromatic heterocycles. The van der Waals surface area contributed by atoms with Crippen molar-refractivity contribution in [1.82, 2.24) is 5.32 Å². The SMILES string of the molecule is CC(C)CCOCCNC(=O)CC1(C(=O)O)CCCCC1. The molecule has 0 saturated heterocycles. The van der Waals surface area contributed by atoms with Gasteiger partial charge in [-0.05, 0) is 25.2 Å². The summed E-state index contributed by atoms with van der Waals surface area (Å²) in [6, 6.07) is 0. The van der Waals surface area contributed by atoms with Crippen LogP contribution in [0.3, 0.4) is 0 Å². The van der Waals surface area contributed by atoms with Crippen molar-refractivity contribution < 1.29 is 19.4 Å². The Hall–Kier alpha value is -1.10. The molecule has 122 valence electrons. The zero-order chi connectivity index (χ0) is 15.7. The maximum absolute atomic E-state index is 11.9. The third-order valence-electron chi connectivity index (χ3n) is 4.17. The first-order valence-corrected chi connectivity index (χ1v) is 8.04. The van der Waals surface area contributed by atoms with E-state index in [2.05, 4.69) is 19.2 Å². The molecule has 0 atom stereocenters. The minimum absolute atomic E-state index is 0.0916. The summed E-state index contributed by atoms with van der Waals surface area (Å²) >= 11 is 0. The Balaban J connectivity index is 2.24. The zero-order valence-electron chi connectivity index (χ0n) is 13.3. The van der Waals surface area contributed by atoms with Gasteiger partial charge in [-0.2, -0.15) is 0 Å². The smallest absolute Gasteiger partial charge is 0.310 e. The highest BCUT2D eigenvalue weighted by Crippen LogP contribution is 2.39. The van der Waals surface area contributed by atoms with Crippen LogP contribution >= 0.6 is 0 Å². The molecule has 2 N–H and O–H groups in total. The number of carbonyl (C=O) groups excluding carboxylic acids is 1. The Bertz CT molecular complexity index is 335. The fourth-order valence-electron chi connectivity index (χ4n) is 2.75. The van der Waals surface area contributed by atoms with Crippen molar-refractivity contribution in [1.29, 1.82) is 0 Å². The van der Waals surface area contributed by atoms with Crippen LogP contribution in [0.2, 0.25) is 0 Å². The van der Waals surface area contributed by atoms with Crippen LogP contribution in [0.1, 0.15) is 58.8 Å². The first-order valence-electron chi connectivity index (χ1n) is 8.04. The van der Waals surface area contributed by atoms with Gasteiger partial charge in [0.1, 0.15) is 0 Å². The second-order valence-corrected chi connectivity index (χ2v) is 6.47. The second-order valence-electron chi connectivity index (χ2n) is 6.47. The van der Waals surface area contributed by atoms with Crippen LogP contribution in [0, 0.1) is 11.3 Å². The van der Waals surface area contributed by atoms with Gasteiger partial charge in [-0.15, -0.1) is 0 Å². The largest absolute Gasteiger partial charge is 0.481 e. The summed E-state index contributed by atoms with van der Waals surface area (Å²) in [5, 5.41) is 12.2. The lowest BCUT2D eigenvalue weighted by atomic mass is 9.71. The topological polar surface area (TPSA) is 75.6 Å². The lowest BCUT2D eigenvalue weighted by Crippen LogP contribution is -2.39. The predicted octanol–water partition coefficient (Wildman–Crippen LogP) is 2.59. The molecule has 0 aromatic carbocycles. The molecule has 0 unspecified atom stereocenters. The second kappa shape index (κ2) is 9.03. The number of hydrogen-bond donors (Lipinski definition) is 2.